The number of rotatable bonds is 4. The zero-order chi connectivity index (χ0) is 7.11. The molecule has 0 aliphatic heterocycles. The van der Waals surface area contributed by atoms with Crippen molar-refractivity contribution in [2.24, 2.45) is 5.73 Å². The number of amides is 1. The number of primary amides is 1. The zero-order valence-electron chi connectivity index (χ0n) is 5.55. The van der Waals surface area contributed by atoms with Crippen molar-refractivity contribution in [1.82, 2.24) is 5.32 Å². The van der Waals surface area contributed by atoms with Gasteiger partial charge in [-0.2, -0.15) is 0 Å². The van der Waals surface area contributed by atoms with Crippen LogP contribution < -0.4 is 11.1 Å². The normalized spacial score (nSPS) is 10.3. The molecule has 3 nitrogen and oxygen atoms in total. The fourth-order valence-electron chi connectivity index (χ4n) is 0.403. The third-order valence-corrected chi connectivity index (χ3v) is 0.794. The Labute approximate surface area is 54.9 Å². The number of nitrogens with one attached hydrogen (secondary N) is 1. The van der Waals surface area contributed by atoms with Gasteiger partial charge in [-0.3, -0.25) is 4.79 Å². The van der Waals surface area contributed by atoms with Gasteiger partial charge in [0.05, 0.1) is 0 Å². The van der Waals surface area contributed by atoms with Crippen LogP contribution in [0.25, 0.3) is 0 Å². The molecular weight excluding hydrogens is 116 g/mol. The van der Waals surface area contributed by atoms with E-state index in [1.165, 1.54) is 6.08 Å². The molecule has 0 aliphatic carbocycles. The van der Waals surface area contributed by atoms with Gasteiger partial charge in [0.25, 0.3) is 0 Å². The summed E-state index contributed by atoms with van der Waals surface area (Å²) in [7, 11) is 0. The summed E-state index contributed by atoms with van der Waals surface area (Å²) in [6, 6.07) is 0. The van der Waals surface area contributed by atoms with Gasteiger partial charge >= 0.3 is 0 Å². The standard InChI is InChI=1S/C6H12N2O/c1-2-8-5-3-4-6(7)9/h3-4,8H,2,5H2,1H3,(H2,7,9)/b4-3+. The predicted molar refractivity (Wildman–Crippen MR) is 36.9 cm³/mol. The molecule has 0 rings (SSSR count). The van der Waals surface area contributed by atoms with Gasteiger partial charge in [0.15, 0.2) is 0 Å². The first kappa shape index (κ1) is 8.17. The van der Waals surface area contributed by atoms with Gasteiger partial charge < -0.3 is 11.1 Å². The molecule has 0 radical (unpaired) electrons. The van der Waals surface area contributed by atoms with E-state index in [1.807, 2.05) is 6.92 Å². The summed E-state index contributed by atoms with van der Waals surface area (Å²) in [5.41, 5.74) is 4.82. The summed E-state index contributed by atoms with van der Waals surface area (Å²) >= 11 is 0. The van der Waals surface area contributed by atoms with E-state index in [1.54, 1.807) is 6.08 Å². The van der Waals surface area contributed by atoms with Gasteiger partial charge in [0.1, 0.15) is 0 Å². The van der Waals surface area contributed by atoms with Gasteiger partial charge in [0, 0.05) is 6.54 Å². The van der Waals surface area contributed by atoms with E-state index in [4.69, 9.17) is 5.73 Å². The van der Waals surface area contributed by atoms with Crippen molar-refractivity contribution < 1.29 is 4.79 Å². The molecule has 0 aromatic carbocycles. The summed E-state index contributed by atoms with van der Waals surface area (Å²) in [6.07, 6.45) is 3.05. The molecule has 0 saturated carbocycles. The summed E-state index contributed by atoms with van der Waals surface area (Å²) in [5.74, 6) is -0.395. The highest BCUT2D eigenvalue weighted by Gasteiger charge is 1.79. The number of hydrogen-bond acceptors (Lipinski definition) is 2. The average molecular weight is 128 g/mol. The Kier molecular flexibility index (Phi) is 4.82. The molecular formula is C6H12N2O. The molecule has 0 bridgehead atoms. The second kappa shape index (κ2) is 5.31. The van der Waals surface area contributed by atoms with Gasteiger partial charge in [-0.05, 0) is 12.6 Å². The Bertz CT molecular complexity index is 110. The van der Waals surface area contributed by atoms with Crippen molar-refractivity contribution in [2.75, 3.05) is 13.1 Å². The van der Waals surface area contributed by atoms with E-state index < -0.39 is 5.91 Å². The number of nitrogens with two attached hydrogens (primary N) is 1. The van der Waals surface area contributed by atoms with E-state index in [9.17, 15) is 4.79 Å². The van der Waals surface area contributed by atoms with Crippen molar-refractivity contribution in [1.29, 1.82) is 0 Å². The molecule has 0 aromatic heterocycles. The van der Waals surface area contributed by atoms with Crippen LogP contribution in [-0.2, 0) is 4.79 Å². The second-order valence-electron chi connectivity index (χ2n) is 1.61. The van der Waals surface area contributed by atoms with E-state index in [0.29, 0.717) is 6.54 Å². The van der Waals surface area contributed by atoms with Crippen molar-refractivity contribution in [3.8, 4) is 0 Å². The van der Waals surface area contributed by atoms with Gasteiger partial charge in [-0.15, -0.1) is 0 Å². The van der Waals surface area contributed by atoms with Crippen LogP contribution in [0.3, 0.4) is 0 Å². The lowest BCUT2D eigenvalue weighted by Crippen LogP contribution is -2.13. The predicted octanol–water partition coefficient (Wildman–Crippen LogP) is -0.363. The first-order valence-electron chi connectivity index (χ1n) is 2.94. The van der Waals surface area contributed by atoms with Gasteiger partial charge in [-0.25, -0.2) is 0 Å². The largest absolute Gasteiger partial charge is 0.366 e. The Balaban J connectivity index is 3.15. The van der Waals surface area contributed by atoms with E-state index in [2.05, 4.69) is 5.32 Å². The van der Waals surface area contributed by atoms with Crippen LogP contribution in [0, 0.1) is 0 Å². The average Bonchev–Trinajstić information content (AvgIpc) is 1.80. The van der Waals surface area contributed by atoms with E-state index in [-0.39, 0.29) is 0 Å². The van der Waals surface area contributed by atoms with Crippen LogP contribution in [0.5, 0.6) is 0 Å². The Morgan fingerprint density at radius 2 is 2.44 bits per heavy atom. The van der Waals surface area contributed by atoms with Crippen LogP contribution in [-0.4, -0.2) is 19.0 Å². The zero-order valence-corrected chi connectivity index (χ0v) is 5.55. The van der Waals surface area contributed by atoms with Crippen molar-refractivity contribution in [2.45, 2.75) is 6.92 Å². The number of carbonyl (C=O) groups excluding carboxylic acids is 1. The minimum Gasteiger partial charge on any atom is -0.366 e. The minimum absolute atomic E-state index is 0.395. The minimum atomic E-state index is -0.395. The third-order valence-electron chi connectivity index (χ3n) is 0.794. The summed E-state index contributed by atoms with van der Waals surface area (Å²) < 4.78 is 0. The quantitative estimate of drug-likeness (QED) is 0.401. The summed E-state index contributed by atoms with van der Waals surface area (Å²) in [4.78, 5) is 10.1. The van der Waals surface area contributed by atoms with Gasteiger partial charge in [-0.1, -0.05) is 13.0 Å². The SMILES string of the molecule is CCNC/C=C/C(N)=O. The molecule has 0 unspecified atom stereocenters. The Morgan fingerprint density at radius 1 is 1.78 bits per heavy atom. The smallest absolute Gasteiger partial charge is 0.241 e. The first-order chi connectivity index (χ1) is 4.27. The molecule has 52 valence electrons. The fourth-order valence-corrected chi connectivity index (χ4v) is 0.403. The van der Waals surface area contributed by atoms with Crippen LogP contribution in [0.2, 0.25) is 0 Å². The van der Waals surface area contributed by atoms with Crippen molar-refractivity contribution in [3.05, 3.63) is 12.2 Å². The molecule has 3 heteroatoms. The number of hydrogen-bond donors (Lipinski definition) is 2. The first-order valence-corrected chi connectivity index (χ1v) is 2.94. The number of carbonyl (C=O) groups is 1. The second-order valence-corrected chi connectivity index (χ2v) is 1.61. The molecule has 0 fully saturated rings. The Morgan fingerprint density at radius 3 is 2.89 bits per heavy atom. The molecule has 0 spiro atoms. The molecule has 0 aromatic rings. The molecule has 3 N–H and O–H groups in total. The maximum absolute atomic E-state index is 10.1. The van der Waals surface area contributed by atoms with E-state index >= 15 is 0 Å². The lowest BCUT2D eigenvalue weighted by Gasteiger charge is -1.90. The molecule has 0 atom stereocenters. The molecule has 0 saturated heterocycles. The van der Waals surface area contributed by atoms with Crippen molar-refractivity contribution in [3.63, 3.8) is 0 Å². The van der Waals surface area contributed by atoms with E-state index in [0.717, 1.165) is 6.54 Å². The molecule has 0 heterocycles. The number of likely N-dealkylation sites (N-methyl/N-ethyl adjacent to an activating group) is 1. The molecule has 0 aliphatic rings. The highest BCUT2D eigenvalue weighted by Crippen LogP contribution is 1.67. The third kappa shape index (κ3) is 7.17. The highest BCUT2D eigenvalue weighted by molar-refractivity contribution is 5.85. The van der Waals surface area contributed by atoms with Gasteiger partial charge in [0.2, 0.25) is 5.91 Å². The lowest BCUT2D eigenvalue weighted by molar-refractivity contribution is -0.113. The maximum Gasteiger partial charge on any atom is 0.241 e. The lowest BCUT2D eigenvalue weighted by atomic mass is 10.5. The monoisotopic (exact) mass is 128 g/mol. The molecule has 9 heavy (non-hydrogen) atoms. The summed E-state index contributed by atoms with van der Waals surface area (Å²) in [5, 5.41) is 3.01. The van der Waals surface area contributed by atoms with Crippen LogP contribution in [0.15, 0.2) is 12.2 Å². The Hall–Kier alpha value is -0.830. The van der Waals surface area contributed by atoms with Crippen LogP contribution in [0.4, 0.5) is 0 Å². The summed E-state index contributed by atoms with van der Waals surface area (Å²) in [6.45, 7) is 3.61. The van der Waals surface area contributed by atoms with Crippen molar-refractivity contribution >= 4 is 5.91 Å². The topological polar surface area (TPSA) is 55.1 Å². The van der Waals surface area contributed by atoms with Crippen LogP contribution in [0.1, 0.15) is 6.92 Å². The maximum atomic E-state index is 10.1. The highest BCUT2D eigenvalue weighted by atomic mass is 16.1. The molecule has 1 amide bonds. The van der Waals surface area contributed by atoms with Crippen LogP contribution >= 0.6 is 0 Å². The fraction of sp³-hybridized carbons (Fsp3) is 0.500.